The van der Waals surface area contributed by atoms with Gasteiger partial charge in [-0.2, -0.15) is 18.4 Å². The van der Waals surface area contributed by atoms with E-state index in [4.69, 9.17) is 17.3 Å². The van der Waals surface area contributed by atoms with E-state index in [2.05, 4.69) is 21.5 Å². The molecule has 3 heterocycles. The van der Waals surface area contributed by atoms with E-state index in [-0.39, 0.29) is 41.6 Å². The van der Waals surface area contributed by atoms with Crippen molar-refractivity contribution in [1.29, 1.82) is 5.26 Å². The van der Waals surface area contributed by atoms with Gasteiger partial charge in [-0.1, -0.05) is 18.2 Å². The maximum Gasteiger partial charge on any atom is 0.418 e. The average Bonchev–Trinajstić information content (AvgIpc) is 2.81. The van der Waals surface area contributed by atoms with Crippen LogP contribution in [0.25, 0.3) is 22.2 Å². The Morgan fingerprint density at radius 2 is 2.00 bits per heavy atom. The molecule has 35 heavy (non-hydrogen) atoms. The second kappa shape index (κ2) is 8.99. The smallest absolute Gasteiger partial charge is 0.384 e. The van der Waals surface area contributed by atoms with Crippen LogP contribution >= 0.6 is 11.6 Å². The summed E-state index contributed by atoms with van der Waals surface area (Å²) in [6, 6.07) is 5.64. The van der Waals surface area contributed by atoms with E-state index < -0.39 is 35.2 Å². The maximum absolute atomic E-state index is 13.6. The molecule has 1 aliphatic rings. The molecule has 1 aromatic carbocycles. The van der Waals surface area contributed by atoms with Gasteiger partial charge in [0.25, 0.3) is 5.91 Å². The zero-order chi connectivity index (χ0) is 25.5. The van der Waals surface area contributed by atoms with Crippen LogP contribution in [-0.2, 0) is 11.0 Å². The minimum absolute atomic E-state index is 0.00992. The highest BCUT2D eigenvalue weighted by molar-refractivity contribution is 6.34. The van der Waals surface area contributed by atoms with Gasteiger partial charge < -0.3 is 15.5 Å². The number of alkyl halides is 3. The van der Waals surface area contributed by atoms with E-state index in [0.717, 1.165) is 17.0 Å². The molecule has 0 spiro atoms. The van der Waals surface area contributed by atoms with Crippen LogP contribution in [0.15, 0.2) is 43.0 Å². The lowest BCUT2D eigenvalue weighted by molar-refractivity contribution is -0.137. The summed E-state index contributed by atoms with van der Waals surface area (Å²) >= 11 is 6.40. The van der Waals surface area contributed by atoms with Crippen LogP contribution in [0.5, 0.6) is 0 Å². The summed E-state index contributed by atoms with van der Waals surface area (Å²) in [6.45, 7) is 3.23. The summed E-state index contributed by atoms with van der Waals surface area (Å²) in [5.41, 5.74) is 4.45. The Hall–Kier alpha value is -3.98. The van der Waals surface area contributed by atoms with Crippen molar-refractivity contribution in [3.63, 3.8) is 0 Å². The Balaban J connectivity index is 1.77. The van der Waals surface area contributed by atoms with Crippen LogP contribution in [0.4, 0.5) is 29.2 Å². The van der Waals surface area contributed by atoms with Crippen LogP contribution in [0.2, 0.25) is 5.02 Å². The highest BCUT2D eigenvalue weighted by Gasteiger charge is 2.36. The molecule has 1 aliphatic heterocycles. The number of nitrogens with zero attached hydrogens (tertiary/aromatic N) is 6. The van der Waals surface area contributed by atoms with E-state index in [9.17, 15) is 27.6 Å². The Morgan fingerprint density at radius 3 is 2.66 bits per heavy atom. The quantitative estimate of drug-likeness (QED) is 0.423. The molecule has 0 aliphatic carbocycles. The summed E-state index contributed by atoms with van der Waals surface area (Å²) in [7, 11) is 0. The largest absolute Gasteiger partial charge is 0.418 e. The van der Waals surface area contributed by atoms with Crippen LogP contribution < -0.4 is 10.6 Å². The van der Waals surface area contributed by atoms with Crippen molar-refractivity contribution >= 4 is 40.0 Å². The third kappa shape index (κ3) is 4.54. The molecule has 180 valence electrons. The number of aromatic nitrogens is 3. The Kier molecular flexibility index (Phi) is 6.21. The molecule has 1 atom stereocenters. The minimum Gasteiger partial charge on any atom is -0.384 e. The fourth-order valence-corrected chi connectivity index (χ4v) is 4.14. The third-order valence-electron chi connectivity index (χ3n) is 5.50. The molecule has 1 amide bonds. The van der Waals surface area contributed by atoms with Crippen molar-refractivity contribution in [3.8, 4) is 17.3 Å². The molecule has 0 radical (unpaired) electrons. The number of benzene rings is 1. The second-order valence-corrected chi connectivity index (χ2v) is 8.08. The molecule has 2 aromatic heterocycles. The zero-order valence-corrected chi connectivity index (χ0v) is 18.6. The monoisotopic (exact) mass is 505 g/mol. The lowest BCUT2D eigenvalue weighted by atomic mass is 10.0. The van der Waals surface area contributed by atoms with Crippen LogP contribution in [-0.4, -0.2) is 51.4 Å². The summed E-state index contributed by atoms with van der Waals surface area (Å²) < 4.78 is 54.1. The number of piperazine rings is 1. The van der Waals surface area contributed by atoms with Gasteiger partial charge in [0.15, 0.2) is 5.83 Å². The summed E-state index contributed by atoms with van der Waals surface area (Å²) in [6.07, 6.45) is -3.48. The van der Waals surface area contributed by atoms with Gasteiger partial charge in [-0.25, -0.2) is 19.3 Å². The molecule has 0 unspecified atom stereocenters. The number of nitrogen functional groups attached to an aromatic ring is 1. The first kappa shape index (κ1) is 24.2. The number of fused-ring (bicyclic) bond motifs is 1. The molecule has 8 nitrogen and oxygen atoms in total. The standard InChI is InChI=1S/C22H16ClF4N7O/c1-11(24)21(35)34-5-4-33(9-12(34)8-28)20-14-6-16(23)13(7-17(14)30-10-31-20)19-15(22(25,26)27)2-3-18(29)32-19/h2-3,6-7,10,12H,1,4-5,9H2,(H2,29,32)/t12-/m0/s1. The van der Waals surface area contributed by atoms with Crippen LogP contribution in [0.1, 0.15) is 5.56 Å². The number of nitriles is 1. The average molecular weight is 506 g/mol. The van der Waals surface area contributed by atoms with Crippen LogP contribution in [0, 0.1) is 11.3 Å². The Morgan fingerprint density at radius 1 is 1.26 bits per heavy atom. The molecule has 1 fully saturated rings. The van der Waals surface area contributed by atoms with Gasteiger partial charge in [-0.05, 0) is 24.3 Å². The summed E-state index contributed by atoms with van der Waals surface area (Å²) in [5.74, 6) is -1.89. The molecular formula is C22H16ClF4N7O. The molecule has 13 heteroatoms. The van der Waals surface area contributed by atoms with E-state index >= 15 is 0 Å². The van der Waals surface area contributed by atoms with Gasteiger partial charge in [-0.15, -0.1) is 0 Å². The van der Waals surface area contributed by atoms with Crippen molar-refractivity contribution in [2.75, 3.05) is 30.3 Å². The number of hydrogen-bond acceptors (Lipinski definition) is 7. The molecular weight excluding hydrogens is 490 g/mol. The topological polar surface area (TPSA) is 112 Å². The number of carbonyl (C=O) groups excluding carboxylic acids is 1. The Labute approximate surface area is 201 Å². The first-order valence-electron chi connectivity index (χ1n) is 10.1. The zero-order valence-electron chi connectivity index (χ0n) is 17.9. The van der Waals surface area contributed by atoms with Gasteiger partial charge in [-0.3, -0.25) is 4.79 Å². The van der Waals surface area contributed by atoms with Gasteiger partial charge >= 0.3 is 6.18 Å². The molecule has 0 saturated carbocycles. The van der Waals surface area contributed by atoms with Crippen LogP contribution in [0.3, 0.4) is 0 Å². The van der Waals surface area contributed by atoms with Crippen molar-refractivity contribution < 1.29 is 22.4 Å². The summed E-state index contributed by atoms with van der Waals surface area (Å²) in [4.78, 5) is 27.0. The number of anilines is 2. The second-order valence-electron chi connectivity index (χ2n) is 7.67. The number of halogens is 5. The van der Waals surface area contributed by atoms with E-state index in [0.29, 0.717) is 11.2 Å². The van der Waals surface area contributed by atoms with E-state index in [1.807, 2.05) is 6.07 Å². The number of rotatable bonds is 3. The first-order chi connectivity index (χ1) is 16.5. The third-order valence-corrected chi connectivity index (χ3v) is 5.81. The minimum atomic E-state index is -4.69. The number of amides is 1. The predicted molar refractivity (Wildman–Crippen MR) is 121 cm³/mol. The molecule has 2 N–H and O–H groups in total. The van der Waals surface area contributed by atoms with Gasteiger partial charge in [0, 0.05) is 24.0 Å². The lowest BCUT2D eigenvalue weighted by Gasteiger charge is -2.38. The number of carbonyl (C=O) groups is 1. The van der Waals surface area contributed by atoms with E-state index in [1.165, 1.54) is 18.5 Å². The number of nitrogens with two attached hydrogens (primary N) is 1. The molecule has 3 aromatic rings. The van der Waals surface area contributed by atoms with Gasteiger partial charge in [0.2, 0.25) is 0 Å². The number of pyridine rings is 1. The fourth-order valence-electron chi connectivity index (χ4n) is 3.89. The van der Waals surface area contributed by atoms with Crippen molar-refractivity contribution in [3.05, 3.63) is 53.6 Å². The normalized spacial score (nSPS) is 16.3. The highest BCUT2D eigenvalue weighted by Crippen LogP contribution is 2.41. The van der Waals surface area contributed by atoms with Crippen molar-refractivity contribution in [2.24, 2.45) is 0 Å². The molecule has 1 saturated heterocycles. The van der Waals surface area contributed by atoms with Crippen molar-refractivity contribution in [1.82, 2.24) is 19.9 Å². The fraction of sp³-hybridized carbons (Fsp3) is 0.227. The van der Waals surface area contributed by atoms with Gasteiger partial charge in [0.05, 0.1) is 34.4 Å². The molecule has 0 bridgehead atoms. The predicted octanol–water partition coefficient (Wildman–Crippen LogP) is 3.97. The maximum atomic E-state index is 13.6. The lowest BCUT2D eigenvalue weighted by Crippen LogP contribution is -2.55. The summed E-state index contributed by atoms with van der Waals surface area (Å²) in [5, 5.41) is 9.87. The molecule has 4 rings (SSSR count). The van der Waals surface area contributed by atoms with E-state index in [1.54, 1.807) is 4.90 Å². The van der Waals surface area contributed by atoms with Gasteiger partial charge in [0.1, 0.15) is 24.0 Å². The Bertz CT molecular complexity index is 1390. The SMILES string of the molecule is C=C(F)C(=O)N1CCN(c2ncnc3cc(-c4nc(N)ccc4C(F)(F)F)c(Cl)cc23)C[C@@H]1C#N. The number of hydrogen-bond donors (Lipinski definition) is 1. The van der Waals surface area contributed by atoms with Crippen molar-refractivity contribution in [2.45, 2.75) is 12.2 Å². The first-order valence-corrected chi connectivity index (χ1v) is 10.5. The highest BCUT2D eigenvalue weighted by atomic mass is 35.5.